The molecule has 1 aliphatic heterocycles. The molecule has 0 saturated heterocycles. The van der Waals surface area contributed by atoms with Crippen molar-refractivity contribution in [2.24, 2.45) is 4.99 Å². The second kappa shape index (κ2) is 6.30. The summed E-state index contributed by atoms with van der Waals surface area (Å²) < 4.78 is 62.7. The van der Waals surface area contributed by atoms with Crippen molar-refractivity contribution < 1.29 is 30.9 Å². The quantitative estimate of drug-likeness (QED) is 0.538. The van der Waals surface area contributed by atoms with E-state index in [2.05, 4.69) is 4.99 Å². The molecule has 0 spiro atoms. The molecule has 1 heterocycles. The van der Waals surface area contributed by atoms with E-state index in [1.807, 2.05) is 6.26 Å². The normalized spacial score (nSPS) is 16.7. The van der Waals surface area contributed by atoms with Crippen LogP contribution in [-0.2, 0) is 14.9 Å². The van der Waals surface area contributed by atoms with Gasteiger partial charge in [-0.25, -0.2) is 4.99 Å². The highest BCUT2D eigenvalue weighted by atomic mass is 32.2. The van der Waals surface area contributed by atoms with E-state index in [0.29, 0.717) is 0 Å². The monoisotopic (exact) mass is 281 g/mol. The van der Waals surface area contributed by atoms with E-state index in [0.717, 1.165) is 24.8 Å². The van der Waals surface area contributed by atoms with Gasteiger partial charge in [0.15, 0.2) is 0 Å². The number of thioether (sulfide) groups is 1. The lowest BCUT2D eigenvalue weighted by atomic mass is 10.4. The lowest BCUT2D eigenvalue weighted by molar-refractivity contribution is -0.0510. The molecule has 0 amide bonds. The van der Waals surface area contributed by atoms with Crippen LogP contribution in [0.15, 0.2) is 4.99 Å². The molecule has 0 aromatic rings. The summed E-state index contributed by atoms with van der Waals surface area (Å²) in [4.78, 5) is 4.11. The highest BCUT2D eigenvalue weighted by Crippen LogP contribution is 2.20. The molecule has 96 valence electrons. The van der Waals surface area contributed by atoms with Crippen LogP contribution in [0.2, 0.25) is 0 Å². The van der Waals surface area contributed by atoms with Crippen LogP contribution in [-0.4, -0.2) is 43.1 Å². The Hall–Kier alpha value is -0.480. The van der Waals surface area contributed by atoms with Crippen molar-refractivity contribution in [1.82, 2.24) is 0 Å². The van der Waals surface area contributed by atoms with Gasteiger partial charge >= 0.3 is 15.6 Å². The number of halogens is 3. The molecule has 0 aliphatic carbocycles. The predicted molar refractivity (Wildman–Crippen MR) is 54.0 cm³/mol. The van der Waals surface area contributed by atoms with Crippen molar-refractivity contribution in [3.05, 3.63) is 0 Å². The molecule has 0 radical (unpaired) electrons. The highest BCUT2D eigenvalue weighted by Gasteiger charge is 2.44. The summed E-state index contributed by atoms with van der Waals surface area (Å²) in [6, 6.07) is 0. The van der Waals surface area contributed by atoms with E-state index >= 15 is 0 Å². The van der Waals surface area contributed by atoms with Crippen LogP contribution in [0.3, 0.4) is 0 Å². The lowest BCUT2D eigenvalue weighted by Gasteiger charge is -2.09. The molecule has 1 aliphatic rings. The third-order valence-electron chi connectivity index (χ3n) is 1.24. The highest BCUT2D eigenvalue weighted by molar-refractivity contribution is 8.12. The molecular weight excluding hydrogens is 271 g/mol. The van der Waals surface area contributed by atoms with Crippen LogP contribution >= 0.6 is 11.8 Å². The molecule has 5 nitrogen and oxygen atoms in total. The first-order valence-electron chi connectivity index (χ1n) is 3.93. The van der Waals surface area contributed by atoms with Crippen molar-refractivity contribution >= 4 is 27.1 Å². The van der Waals surface area contributed by atoms with Crippen LogP contribution in [0, 0.1) is 0 Å². The minimum absolute atomic E-state index is 0.844. The SMILES string of the molecule is CSC1=NCCCO1.O=S(=O)(O)C(F)(F)F. The average molecular weight is 281 g/mol. The minimum atomic E-state index is -5.84. The zero-order valence-corrected chi connectivity index (χ0v) is 9.82. The van der Waals surface area contributed by atoms with Gasteiger partial charge in [0, 0.05) is 13.0 Å². The molecule has 0 unspecified atom stereocenters. The van der Waals surface area contributed by atoms with E-state index in [1.165, 1.54) is 0 Å². The Bertz CT molecular complexity index is 338. The fourth-order valence-electron chi connectivity index (χ4n) is 0.563. The van der Waals surface area contributed by atoms with Gasteiger partial charge in [0.05, 0.1) is 6.61 Å². The molecule has 0 aromatic carbocycles. The number of rotatable bonds is 0. The topological polar surface area (TPSA) is 76.0 Å². The molecule has 0 atom stereocenters. The molecule has 1 rings (SSSR count). The zero-order valence-electron chi connectivity index (χ0n) is 8.19. The molecule has 0 bridgehead atoms. The van der Waals surface area contributed by atoms with Crippen molar-refractivity contribution in [1.29, 1.82) is 0 Å². The maximum Gasteiger partial charge on any atom is 0.522 e. The van der Waals surface area contributed by atoms with Gasteiger partial charge in [0.2, 0.25) is 5.23 Å². The first-order valence-corrected chi connectivity index (χ1v) is 6.60. The summed E-state index contributed by atoms with van der Waals surface area (Å²) in [5.41, 5.74) is -5.53. The summed E-state index contributed by atoms with van der Waals surface area (Å²) >= 11 is 1.57. The van der Waals surface area contributed by atoms with Gasteiger partial charge in [-0.3, -0.25) is 4.55 Å². The number of nitrogens with zero attached hydrogens (tertiary/aromatic N) is 1. The van der Waals surface area contributed by atoms with Gasteiger partial charge in [0.25, 0.3) is 0 Å². The molecule has 10 heteroatoms. The first-order chi connectivity index (χ1) is 7.18. The summed E-state index contributed by atoms with van der Waals surface area (Å²) in [6.07, 6.45) is 3.05. The number of aliphatic imine (C=N–C) groups is 1. The van der Waals surface area contributed by atoms with Gasteiger partial charge in [-0.15, -0.1) is 0 Å². The van der Waals surface area contributed by atoms with Crippen molar-refractivity contribution in [2.75, 3.05) is 19.4 Å². The van der Waals surface area contributed by atoms with Crippen molar-refractivity contribution in [2.45, 2.75) is 11.9 Å². The summed E-state index contributed by atoms with van der Waals surface area (Å²) in [7, 11) is -5.84. The Kier molecular flexibility index (Phi) is 6.11. The largest absolute Gasteiger partial charge is 0.522 e. The summed E-state index contributed by atoms with van der Waals surface area (Å²) in [6.45, 7) is 1.79. The van der Waals surface area contributed by atoms with Crippen LogP contribution in [0.4, 0.5) is 13.2 Å². The predicted octanol–water partition coefficient (Wildman–Crippen LogP) is 1.52. The van der Waals surface area contributed by atoms with Crippen LogP contribution in [0.5, 0.6) is 0 Å². The van der Waals surface area contributed by atoms with Crippen molar-refractivity contribution in [3.8, 4) is 0 Å². The number of hydrogen-bond donors (Lipinski definition) is 1. The summed E-state index contributed by atoms with van der Waals surface area (Å²) in [5.74, 6) is 0. The van der Waals surface area contributed by atoms with E-state index in [-0.39, 0.29) is 0 Å². The van der Waals surface area contributed by atoms with Crippen LogP contribution in [0.1, 0.15) is 6.42 Å². The number of ether oxygens (including phenoxy) is 1. The Morgan fingerprint density at radius 3 is 2.19 bits per heavy atom. The van der Waals surface area contributed by atoms with E-state index < -0.39 is 15.6 Å². The fraction of sp³-hybridized carbons (Fsp3) is 0.833. The van der Waals surface area contributed by atoms with Crippen LogP contribution in [0.25, 0.3) is 0 Å². The molecule has 1 N–H and O–H groups in total. The Labute approximate surface area is 94.8 Å². The van der Waals surface area contributed by atoms with Gasteiger partial charge < -0.3 is 4.74 Å². The average Bonchev–Trinajstić information content (AvgIpc) is 2.17. The number of hydrogen-bond acceptors (Lipinski definition) is 5. The van der Waals surface area contributed by atoms with Gasteiger partial charge in [-0.05, 0) is 6.26 Å². The molecular formula is C6H10F3NO4S2. The zero-order chi connectivity index (χ0) is 12.8. The summed E-state index contributed by atoms with van der Waals surface area (Å²) in [5, 5.41) is 0.844. The number of alkyl halides is 3. The third kappa shape index (κ3) is 6.18. The van der Waals surface area contributed by atoms with Gasteiger partial charge in [-0.1, -0.05) is 11.8 Å². The van der Waals surface area contributed by atoms with E-state index in [9.17, 15) is 13.2 Å². The Morgan fingerprint density at radius 2 is 2.00 bits per heavy atom. The van der Waals surface area contributed by atoms with Crippen molar-refractivity contribution in [3.63, 3.8) is 0 Å². The maximum atomic E-state index is 10.7. The fourth-order valence-corrected chi connectivity index (χ4v) is 0.985. The second-order valence-electron chi connectivity index (χ2n) is 2.47. The maximum absolute atomic E-state index is 10.7. The van der Waals surface area contributed by atoms with Crippen LogP contribution < -0.4 is 0 Å². The Balaban J connectivity index is 0.000000281. The van der Waals surface area contributed by atoms with Gasteiger partial charge in [-0.2, -0.15) is 21.6 Å². The molecule has 0 saturated carbocycles. The Morgan fingerprint density at radius 1 is 1.50 bits per heavy atom. The van der Waals surface area contributed by atoms with E-state index in [1.54, 1.807) is 11.8 Å². The smallest absolute Gasteiger partial charge is 0.473 e. The standard InChI is InChI=1S/C5H9NOS.CHF3O3S/c1-8-5-6-3-2-4-7-5;2-1(3,4)8(5,6)7/h2-4H2,1H3;(H,5,6,7). The lowest BCUT2D eigenvalue weighted by Crippen LogP contribution is -2.21. The van der Waals surface area contributed by atoms with E-state index in [4.69, 9.17) is 17.7 Å². The first kappa shape index (κ1) is 15.5. The second-order valence-corrected chi connectivity index (χ2v) is 4.65. The molecule has 16 heavy (non-hydrogen) atoms. The minimum Gasteiger partial charge on any atom is -0.473 e. The van der Waals surface area contributed by atoms with Gasteiger partial charge in [0.1, 0.15) is 0 Å². The molecule has 0 aromatic heterocycles. The molecule has 0 fully saturated rings. The third-order valence-corrected chi connectivity index (χ3v) is 2.42.